The van der Waals surface area contributed by atoms with E-state index in [0.717, 1.165) is 0 Å². The van der Waals surface area contributed by atoms with Crippen molar-refractivity contribution in [2.75, 3.05) is 14.1 Å². The van der Waals surface area contributed by atoms with Crippen LogP contribution < -0.4 is 0 Å². The van der Waals surface area contributed by atoms with Gasteiger partial charge in [0.25, 0.3) is 0 Å². The second-order valence-electron chi connectivity index (χ2n) is 5.05. The summed E-state index contributed by atoms with van der Waals surface area (Å²) in [5.74, 6) is 0.633. The van der Waals surface area contributed by atoms with Crippen molar-refractivity contribution in [3.05, 3.63) is 0 Å². The summed E-state index contributed by atoms with van der Waals surface area (Å²) in [5.41, 5.74) is 1.26. The fraction of sp³-hybridized carbons (Fsp3) is 0.929. The zero-order valence-electron chi connectivity index (χ0n) is 11.9. The van der Waals surface area contributed by atoms with Crippen molar-refractivity contribution in [2.24, 2.45) is 11.0 Å². The van der Waals surface area contributed by atoms with Gasteiger partial charge in [0.2, 0.25) is 0 Å². The second kappa shape index (κ2) is 9.68. The first-order valence-corrected chi connectivity index (χ1v) is 6.80. The fourth-order valence-corrected chi connectivity index (χ4v) is 1.85. The molecule has 0 aliphatic rings. The summed E-state index contributed by atoms with van der Waals surface area (Å²) < 4.78 is 0. The zero-order chi connectivity index (χ0) is 12.4. The van der Waals surface area contributed by atoms with Gasteiger partial charge in [0, 0.05) is 19.8 Å². The molecule has 0 amide bonds. The largest absolute Gasteiger partial charge is 0.303 e. The molecule has 0 aromatic heterocycles. The van der Waals surface area contributed by atoms with E-state index in [1.165, 1.54) is 50.7 Å². The second-order valence-corrected chi connectivity index (χ2v) is 5.05. The summed E-state index contributed by atoms with van der Waals surface area (Å²) in [6.45, 7) is 6.69. The van der Waals surface area contributed by atoms with Gasteiger partial charge in [-0.1, -0.05) is 52.4 Å². The van der Waals surface area contributed by atoms with Crippen LogP contribution in [0.5, 0.6) is 0 Å². The van der Waals surface area contributed by atoms with Gasteiger partial charge < -0.3 is 5.01 Å². The topological polar surface area (TPSA) is 15.6 Å². The molecular formula is C14H30N2. The first-order chi connectivity index (χ1) is 7.57. The van der Waals surface area contributed by atoms with E-state index in [0.29, 0.717) is 5.92 Å². The Hall–Kier alpha value is -0.530. The van der Waals surface area contributed by atoms with Crippen LogP contribution in [0.3, 0.4) is 0 Å². The maximum atomic E-state index is 4.46. The van der Waals surface area contributed by atoms with Gasteiger partial charge in [-0.15, -0.1) is 0 Å². The van der Waals surface area contributed by atoms with E-state index < -0.39 is 0 Å². The highest BCUT2D eigenvalue weighted by Gasteiger charge is 2.05. The van der Waals surface area contributed by atoms with E-state index >= 15 is 0 Å². The van der Waals surface area contributed by atoms with Crippen LogP contribution in [0, 0.1) is 5.92 Å². The highest BCUT2D eigenvalue weighted by atomic mass is 15.4. The molecule has 96 valence electrons. The van der Waals surface area contributed by atoms with Crippen LogP contribution in [0.2, 0.25) is 0 Å². The molecule has 0 saturated heterocycles. The van der Waals surface area contributed by atoms with Crippen LogP contribution >= 0.6 is 0 Å². The van der Waals surface area contributed by atoms with Gasteiger partial charge in [-0.2, -0.15) is 5.10 Å². The Morgan fingerprint density at radius 2 is 1.62 bits per heavy atom. The van der Waals surface area contributed by atoms with Crippen LogP contribution in [0.1, 0.15) is 65.7 Å². The van der Waals surface area contributed by atoms with Gasteiger partial charge in [-0.05, 0) is 19.3 Å². The smallest absolute Gasteiger partial charge is 0.0377 e. The Morgan fingerprint density at radius 3 is 2.19 bits per heavy atom. The number of unbranched alkanes of at least 4 members (excludes halogenated alkanes) is 5. The first kappa shape index (κ1) is 15.5. The minimum Gasteiger partial charge on any atom is -0.303 e. The molecule has 1 atom stereocenters. The molecule has 1 unspecified atom stereocenters. The van der Waals surface area contributed by atoms with Crippen molar-refractivity contribution < 1.29 is 0 Å². The molecule has 0 fully saturated rings. The SMILES string of the molecule is CCCCCCCCC(C)/C(C)=N/N(C)C. The van der Waals surface area contributed by atoms with Gasteiger partial charge in [0.15, 0.2) is 0 Å². The fourth-order valence-electron chi connectivity index (χ4n) is 1.85. The van der Waals surface area contributed by atoms with Gasteiger partial charge in [-0.25, -0.2) is 0 Å². The van der Waals surface area contributed by atoms with E-state index in [4.69, 9.17) is 0 Å². The molecule has 0 N–H and O–H groups in total. The van der Waals surface area contributed by atoms with Gasteiger partial charge in [-0.3, -0.25) is 0 Å². The quantitative estimate of drug-likeness (QED) is 0.325. The van der Waals surface area contributed by atoms with Crippen molar-refractivity contribution in [2.45, 2.75) is 65.7 Å². The van der Waals surface area contributed by atoms with Crippen molar-refractivity contribution in [1.82, 2.24) is 5.01 Å². The lowest BCUT2D eigenvalue weighted by Crippen LogP contribution is -2.13. The molecule has 0 bridgehead atoms. The molecule has 0 heterocycles. The number of hydrogen-bond donors (Lipinski definition) is 0. The van der Waals surface area contributed by atoms with Crippen molar-refractivity contribution in [3.63, 3.8) is 0 Å². The minimum absolute atomic E-state index is 0.633. The summed E-state index contributed by atoms with van der Waals surface area (Å²) in [6, 6.07) is 0. The monoisotopic (exact) mass is 226 g/mol. The number of hydrazone groups is 1. The highest BCUT2D eigenvalue weighted by Crippen LogP contribution is 2.13. The van der Waals surface area contributed by atoms with Crippen LogP contribution in [-0.4, -0.2) is 24.8 Å². The van der Waals surface area contributed by atoms with Crippen LogP contribution in [0.15, 0.2) is 5.10 Å². The summed E-state index contributed by atoms with van der Waals surface area (Å²) in [6.07, 6.45) is 9.59. The normalized spacial score (nSPS) is 13.9. The van der Waals surface area contributed by atoms with Crippen LogP contribution in [0.25, 0.3) is 0 Å². The maximum absolute atomic E-state index is 4.46. The molecule has 0 aliphatic carbocycles. The summed E-state index contributed by atoms with van der Waals surface area (Å²) in [7, 11) is 3.97. The maximum Gasteiger partial charge on any atom is 0.0377 e. The van der Waals surface area contributed by atoms with Crippen molar-refractivity contribution >= 4 is 5.71 Å². The van der Waals surface area contributed by atoms with E-state index in [2.05, 4.69) is 25.9 Å². The Balaban J connectivity index is 3.53. The molecule has 2 nitrogen and oxygen atoms in total. The Bertz CT molecular complexity index is 185. The Labute approximate surface area is 102 Å². The molecule has 0 radical (unpaired) electrons. The molecule has 0 saturated carbocycles. The summed E-state index contributed by atoms with van der Waals surface area (Å²) in [5, 5.41) is 6.35. The molecule has 0 rings (SSSR count). The summed E-state index contributed by atoms with van der Waals surface area (Å²) >= 11 is 0. The lowest BCUT2D eigenvalue weighted by atomic mass is 9.98. The Morgan fingerprint density at radius 1 is 1.06 bits per heavy atom. The number of rotatable bonds is 9. The average Bonchev–Trinajstić information content (AvgIpc) is 2.21. The van der Waals surface area contributed by atoms with Gasteiger partial charge >= 0.3 is 0 Å². The molecular weight excluding hydrogens is 196 g/mol. The third-order valence-electron chi connectivity index (χ3n) is 3.06. The minimum atomic E-state index is 0.633. The average molecular weight is 226 g/mol. The standard InChI is InChI=1S/C14H30N2/c1-6-7-8-9-10-11-12-13(2)14(3)15-16(4)5/h13H,6-12H2,1-5H3/b15-14+. The van der Waals surface area contributed by atoms with E-state index in [1.54, 1.807) is 0 Å². The molecule has 2 heteroatoms. The molecule has 0 aliphatic heterocycles. The van der Waals surface area contributed by atoms with Crippen molar-refractivity contribution in [1.29, 1.82) is 0 Å². The van der Waals surface area contributed by atoms with Gasteiger partial charge in [0.05, 0.1) is 0 Å². The molecule has 16 heavy (non-hydrogen) atoms. The van der Waals surface area contributed by atoms with Gasteiger partial charge in [0.1, 0.15) is 0 Å². The van der Waals surface area contributed by atoms with E-state index in [-0.39, 0.29) is 0 Å². The Kier molecular flexibility index (Phi) is 9.36. The molecule has 0 aromatic rings. The number of nitrogens with zero attached hydrogens (tertiary/aromatic N) is 2. The van der Waals surface area contributed by atoms with E-state index in [9.17, 15) is 0 Å². The first-order valence-electron chi connectivity index (χ1n) is 6.80. The summed E-state index contributed by atoms with van der Waals surface area (Å²) in [4.78, 5) is 0. The van der Waals surface area contributed by atoms with E-state index in [1.807, 2.05) is 19.1 Å². The third-order valence-corrected chi connectivity index (χ3v) is 3.06. The zero-order valence-corrected chi connectivity index (χ0v) is 11.9. The highest BCUT2D eigenvalue weighted by molar-refractivity contribution is 5.83. The molecule has 0 aromatic carbocycles. The van der Waals surface area contributed by atoms with Crippen LogP contribution in [0.4, 0.5) is 0 Å². The third kappa shape index (κ3) is 8.75. The predicted octanol–water partition coefficient (Wildman–Crippen LogP) is 4.31. The lowest BCUT2D eigenvalue weighted by molar-refractivity contribution is 0.430. The van der Waals surface area contributed by atoms with Crippen molar-refractivity contribution in [3.8, 4) is 0 Å². The molecule has 0 spiro atoms. The lowest BCUT2D eigenvalue weighted by Gasteiger charge is -2.13. The number of hydrogen-bond acceptors (Lipinski definition) is 2. The van der Waals surface area contributed by atoms with Crippen LogP contribution in [-0.2, 0) is 0 Å². The predicted molar refractivity (Wildman–Crippen MR) is 74.0 cm³/mol.